The molecule has 67 heavy (non-hydrogen) atoms. The van der Waals surface area contributed by atoms with Crippen molar-refractivity contribution in [3.05, 3.63) is 208 Å². The fourth-order valence-electron chi connectivity index (χ4n) is 7.48. The van der Waals surface area contributed by atoms with E-state index in [9.17, 15) is 37.9 Å². The molecule has 0 radical (unpaired) electrons. The van der Waals surface area contributed by atoms with Gasteiger partial charge >= 0.3 is 36.5 Å². The summed E-state index contributed by atoms with van der Waals surface area (Å²) < 4.78 is 67.4. The average Bonchev–Trinajstić information content (AvgIpc) is 3.34. The van der Waals surface area contributed by atoms with Crippen LogP contribution in [0.15, 0.2) is 164 Å². The Morgan fingerprint density at radius 3 is 1.57 bits per heavy atom. The number of carbonyl (C=O) groups is 5. The summed E-state index contributed by atoms with van der Waals surface area (Å²) >= 11 is 0. The van der Waals surface area contributed by atoms with Gasteiger partial charge in [-0.1, -0.05) is 97.1 Å². The van der Waals surface area contributed by atoms with Crippen molar-refractivity contribution in [1.82, 2.24) is 0 Å². The van der Waals surface area contributed by atoms with Crippen LogP contribution in [-0.4, -0.2) is 72.1 Å². The van der Waals surface area contributed by atoms with Crippen molar-refractivity contribution in [2.24, 2.45) is 0 Å². The van der Waals surface area contributed by atoms with Crippen molar-refractivity contribution in [2.75, 3.05) is 0 Å². The molecule has 7 rings (SSSR count). The number of carbonyl (C=O) groups excluding carboxylic acids is 5. The molecular weight excluding hydrogens is 871 g/mol. The third kappa shape index (κ3) is 11.7. The fourth-order valence-corrected chi connectivity index (χ4v) is 7.48. The molecule has 13 nitrogen and oxygen atoms in total. The first-order valence-electron chi connectivity index (χ1n) is 21.0. The lowest BCUT2D eigenvalue weighted by atomic mass is 9.82. The van der Waals surface area contributed by atoms with E-state index in [4.69, 9.17) is 28.4 Å². The first kappa shape index (κ1) is 47.2. The number of rotatable bonds is 16. The SMILES string of the molecule is CC(=O)OCc1ccc(Cc2ccc(OC(F)F)cc2)c([C@@]2(O)O[C@H]([C@H](C)OC(=O)c3ccccc3)[C@@H](OC(=O)c3ccccc3)[C@H](OC(=O)c3ccccc3)[C@H]2OC(=O)c2ccccc2)c1. The second kappa shape index (κ2) is 21.5. The molecule has 0 saturated carbocycles. The molecule has 6 aromatic rings. The second-order valence-corrected chi connectivity index (χ2v) is 15.4. The summed E-state index contributed by atoms with van der Waals surface area (Å²) in [5.41, 5.74) is 1.26. The Kier molecular flexibility index (Phi) is 15.1. The normalized spacial score (nSPS) is 19.3. The van der Waals surface area contributed by atoms with E-state index in [1.54, 1.807) is 84.9 Å². The van der Waals surface area contributed by atoms with E-state index in [0.717, 1.165) is 0 Å². The van der Waals surface area contributed by atoms with Gasteiger partial charge in [0.2, 0.25) is 11.9 Å². The fraction of sp³-hybridized carbons (Fsp3) is 0.212. The molecule has 0 unspecified atom stereocenters. The first-order valence-corrected chi connectivity index (χ1v) is 21.0. The topological polar surface area (TPSA) is 170 Å². The molecule has 6 aromatic carbocycles. The number of benzene rings is 6. The minimum Gasteiger partial charge on any atom is -0.461 e. The molecule has 1 N–H and O–H groups in total. The van der Waals surface area contributed by atoms with Gasteiger partial charge in [0.15, 0.2) is 12.2 Å². The van der Waals surface area contributed by atoms with Gasteiger partial charge in [-0.3, -0.25) is 4.79 Å². The number of hydrogen-bond acceptors (Lipinski definition) is 13. The number of esters is 5. The zero-order valence-electron chi connectivity index (χ0n) is 36.1. The molecule has 0 spiro atoms. The number of hydrogen-bond donors (Lipinski definition) is 1. The van der Waals surface area contributed by atoms with Gasteiger partial charge in [0.25, 0.3) is 0 Å². The van der Waals surface area contributed by atoms with E-state index in [0.29, 0.717) is 11.1 Å². The molecule has 0 aromatic heterocycles. The summed E-state index contributed by atoms with van der Waals surface area (Å²) in [7, 11) is 0. The van der Waals surface area contributed by atoms with Crippen LogP contribution in [0.2, 0.25) is 0 Å². The van der Waals surface area contributed by atoms with Gasteiger partial charge in [0.05, 0.1) is 22.3 Å². The maximum Gasteiger partial charge on any atom is 0.387 e. The van der Waals surface area contributed by atoms with Crippen molar-refractivity contribution < 1.29 is 71.0 Å². The maximum absolute atomic E-state index is 14.3. The summed E-state index contributed by atoms with van der Waals surface area (Å²) in [5.74, 6) is -7.41. The first-order chi connectivity index (χ1) is 32.3. The van der Waals surface area contributed by atoms with Crippen molar-refractivity contribution in [1.29, 1.82) is 0 Å². The van der Waals surface area contributed by atoms with Gasteiger partial charge < -0.3 is 38.3 Å². The van der Waals surface area contributed by atoms with Gasteiger partial charge in [-0.25, -0.2) is 19.2 Å². The number of ether oxygens (including phenoxy) is 7. The van der Waals surface area contributed by atoms with Crippen LogP contribution in [0.3, 0.4) is 0 Å². The van der Waals surface area contributed by atoms with E-state index in [2.05, 4.69) is 4.74 Å². The lowest BCUT2D eigenvalue weighted by Crippen LogP contribution is -2.68. The van der Waals surface area contributed by atoms with Crippen LogP contribution in [0, 0.1) is 0 Å². The van der Waals surface area contributed by atoms with Gasteiger partial charge in [-0.15, -0.1) is 0 Å². The third-order valence-corrected chi connectivity index (χ3v) is 10.7. The quantitative estimate of drug-likeness (QED) is 0.0726. The molecule has 344 valence electrons. The van der Waals surface area contributed by atoms with Gasteiger partial charge in [0, 0.05) is 12.5 Å². The summed E-state index contributed by atoms with van der Waals surface area (Å²) in [6.07, 6.45) is -8.99. The van der Waals surface area contributed by atoms with Crippen LogP contribution in [0.1, 0.15) is 77.5 Å². The molecule has 0 amide bonds. The van der Waals surface area contributed by atoms with E-state index < -0.39 is 72.8 Å². The summed E-state index contributed by atoms with van der Waals surface area (Å²) in [6.45, 7) is -0.746. The Morgan fingerprint density at radius 1 is 0.612 bits per heavy atom. The number of alkyl halides is 2. The molecule has 1 fully saturated rings. The largest absolute Gasteiger partial charge is 0.461 e. The van der Waals surface area contributed by atoms with Crippen molar-refractivity contribution in [3.8, 4) is 5.75 Å². The van der Waals surface area contributed by atoms with E-state index in [1.165, 1.54) is 92.7 Å². The summed E-state index contributed by atoms with van der Waals surface area (Å²) in [4.78, 5) is 68.5. The van der Waals surface area contributed by atoms with Crippen molar-refractivity contribution in [3.63, 3.8) is 0 Å². The molecule has 0 aliphatic carbocycles. The lowest BCUT2D eigenvalue weighted by molar-refractivity contribution is -0.360. The smallest absolute Gasteiger partial charge is 0.387 e. The Hall–Kier alpha value is -7.75. The molecule has 1 heterocycles. The molecule has 1 saturated heterocycles. The highest BCUT2D eigenvalue weighted by molar-refractivity contribution is 5.92. The molecule has 1 aliphatic heterocycles. The van der Waals surface area contributed by atoms with Crippen molar-refractivity contribution >= 4 is 29.8 Å². The van der Waals surface area contributed by atoms with Crippen LogP contribution in [0.4, 0.5) is 8.78 Å². The number of halogens is 2. The Labute approximate surface area is 383 Å². The van der Waals surface area contributed by atoms with Crippen LogP contribution >= 0.6 is 0 Å². The predicted molar refractivity (Wildman–Crippen MR) is 235 cm³/mol. The molecular formula is C52H44F2O13. The Bertz CT molecular complexity index is 2650. The third-order valence-electron chi connectivity index (χ3n) is 10.7. The molecule has 1 aliphatic rings. The van der Waals surface area contributed by atoms with Gasteiger partial charge in [-0.05, 0) is 96.8 Å². The van der Waals surface area contributed by atoms with E-state index in [-0.39, 0.29) is 52.2 Å². The Morgan fingerprint density at radius 2 is 1.07 bits per heavy atom. The highest BCUT2D eigenvalue weighted by Gasteiger charge is 2.62. The van der Waals surface area contributed by atoms with E-state index in [1.807, 2.05) is 0 Å². The minimum atomic E-state index is -3.07. The van der Waals surface area contributed by atoms with Crippen LogP contribution in [-0.2, 0) is 52.0 Å². The zero-order chi connectivity index (χ0) is 47.5. The molecule has 15 heteroatoms. The van der Waals surface area contributed by atoms with E-state index >= 15 is 0 Å². The average molecular weight is 915 g/mol. The molecule has 6 atom stereocenters. The highest BCUT2D eigenvalue weighted by Crippen LogP contribution is 2.45. The maximum atomic E-state index is 14.3. The van der Waals surface area contributed by atoms with Crippen molar-refractivity contribution in [2.45, 2.75) is 69.8 Å². The van der Waals surface area contributed by atoms with Crippen LogP contribution in [0.5, 0.6) is 5.75 Å². The standard InChI is InChI=1S/C52H44F2O13/c1-32(62-47(56)36-15-7-3-8-16-36)43-44(64-48(57)37-17-9-4-10-18-37)45(65-49(58)38-19-11-5-12-20-38)46(66-50(59)39-21-13-6-14-22-39)52(60,67-43)42-30-35(31-61-33(2)55)23-26-40(42)29-34-24-27-41(28-25-34)63-51(53)54/h3-28,30,32,43-46,51,60H,29,31H2,1-2H3/t32-,43+,44+,45-,46+,52+/m0/s1. The van der Waals surface area contributed by atoms with Crippen LogP contribution in [0.25, 0.3) is 0 Å². The zero-order valence-corrected chi connectivity index (χ0v) is 36.1. The lowest BCUT2D eigenvalue weighted by Gasteiger charge is -2.50. The second-order valence-electron chi connectivity index (χ2n) is 15.4. The van der Waals surface area contributed by atoms with Crippen LogP contribution < -0.4 is 4.74 Å². The number of aliphatic hydroxyl groups is 1. The predicted octanol–water partition coefficient (Wildman–Crippen LogP) is 8.41. The minimum absolute atomic E-state index is 0.0121. The molecule has 0 bridgehead atoms. The Balaban J connectivity index is 1.44. The summed E-state index contributed by atoms with van der Waals surface area (Å²) in [6, 6.07) is 41.5. The van der Waals surface area contributed by atoms with Gasteiger partial charge in [0.1, 0.15) is 24.6 Å². The monoisotopic (exact) mass is 914 g/mol. The summed E-state index contributed by atoms with van der Waals surface area (Å²) in [5, 5.41) is 13.6. The van der Waals surface area contributed by atoms with Gasteiger partial charge in [-0.2, -0.15) is 8.78 Å². The highest BCUT2D eigenvalue weighted by atomic mass is 19.3.